The maximum atomic E-state index is 11.0. The normalized spacial score (nSPS) is 10.7. The van der Waals surface area contributed by atoms with E-state index >= 15 is 0 Å². The number of hydrogen-bond donors (Lipinski definition) is 3. The molecule has 4 N–H and O–H groups in total. The number of nitrogens with two attached hydrogens (primary N) is 1. The van der Waals surface area contributed by atoms with E-state index in [9.17, 15) is 14.9 Å². The number of hydrogen-bond acceptors (Lipinski definition) is 8. The van der Waals surface area contributed by atoms with E-state index < -0.39 is 11.0 Å². The summed E-state index contributed by atoms with van der Waals surface area (Å²) in [6.07, 6.45) is 0.0717. The molecule has 0 aliphatic carbocycles. The van der Waals surface area contributed by atoms with Gasteiger partial charge in [0.1, 0.15) is 23.6 Å². The van der Waals surface area contributed by atoms with Crippen LogP contribution in [0.25, 0.3) is 28.0 Å². The lowest BCUT2D eigenvalue weighted by molar-refractivity contribution is -0.384. The number of nitro benzene ring substituents is 1. The highest BCUT2D eigenvalue weighted by molar-refractivity contribution is 5.99. The maximum absolute atomic E-state index is 11.0. The molecule has 2 aromatic carbocycles. The third kappa shape index (κ3) is 3.53. The predicted octanol–water partition coefficient (Wildman–Crippen LogP) is 3.07. The molecule has 2 aromatic heterocycles. The summed E-state index contributed by atoms with van der Waals surface area (Å²) >= 11 is 0. The molecule has 12 heteroatoms. The van der Waals surface area contributed by atoms with Crippen LogP contribution in [0.2, 0.25) is 0 Å². The number of benzene rings is 2. The number of carboxylic acid groups (broad SMARTS) is 1. The highest BCUT2D eigenvalue weighted by Gasteiger charge is 2.20. The van der Waals surface area contributed by atoms with Crippen LogP contribution in [0.1, 0.15) is 0 Å². The molecule has 12 nitrogen and oxygen atoms in total. The number of nitrogens with one attached hydrogen (secondary N) is 1. The van der Waals surface area contributed by atoms with E-state index in [0.29, 0.717) is 28.0 Å². The monoisotopic (exact) mass is 421 g/mol. The molecule has 0 unspecified atom stereocenters. The van der Waals surface area contributed by atoms with Gasteiger partial charge in [-0.1, -0.05) is 6.07 Å². The Hall–Kier alpha value is -4.74. The van der Waals surface area contributed by atoms with Crippen molar-refractivity contribution < 1.29 is 19.6 Å². The van der Waals surface area contributed by atoms with E-state index in [1.807, 2.05) is 0 Å². The van der Waals surface area contributed by atoms with Crippen LogP contribution in [0, 0.1) is 10.1 Å². The maximum Gasteiger partial charge on any atom is 0.409 e. The van der Waals surface area contributed by atoms with Crippen LogP contribution in [0.3, 0.4) is 0 Å². The summed E-state index contributed by atoms with van der Waals surface area (Å²) in [5.41, 5.74) is 8.28. The van der Waals surface area contributed by atoms with Crippen LogP contribution in [-0.2, 0) is 0 Å². The van der Waals surface area contributed by atoms with E-state index in [2.05, 4.69) is 20.4 Å². The number of fused-ring (bicyclic) bond motifs is 1. The Balaban J connectivity index is 1.90. The number of carbonyl (C=O) groups is 1. The molecule has 0 fully saturated rings. The number of amides is 1. The minimum atomic E-state index is -1.23. The largest absolute Gasteiger partial charge is 0.495 e. The van der Waals surface area contributed by atoms with Crippen LogP contribution >= 0.6 is 0 Å². The molecular formula is C19H15N7O5. The standard InChI is InChI=1S/C19H15N7O5/c1-31-14-8-10(2-7-13(14)23-19(27)28)16-15-17(20)21-9-22-18(15)25(24-16)11-3-5-12(6-4-11)26(29)30/h2-9,23H,1H3,(H,27,28)(H2,20,21,22). The van der Waals surface area contributed by atoms with E-state index in [-0.39, 0.29) is 22.9 Å². The Morgan fingerprint density at radius 1 is 1.23 bits per heavy atom. The van der Waals surface area contributed by atoms with Crippen molar-refractivity contribution >= 4 is 34.3 Å². The molecule has 156 valence electrons. The van der Waals surface area contributed by atoms with Gasteiger partial charge in [-0.05, 0) is 24.3 Å². The molecule has 0 atom stereocenters. The number of aromatic nitrogens is 4. The quantitative estimate of drug-likeness (QED) is 0.323. The van der Waals surface area contributed by atoms with Crippen molar-refractivity contribution in [2.75, 3.05) is 18.2 Å². The Labute approximate surface area is 174 Å². The first-order valence-electron chi connectivity index (χ1n) is 8.81. The number of rotatable bonds is 5. The van der Waals surface area contributed by atoms with Crippen molar-refractivity contribution in [2.45, 2.75) is 0 Å². The number of nitro groups is 1. The number of nitrogens with zero attached hydrogens (tertiary/aromatic N) is 5. The van der Waals surface area contributed by atoms with Crippen LogP contribution in [0.4, 0.5) is 22.0 Å². The Bertz CT molecular complexity index is 1320. The molecule has 1 amide bonds. The molecule has 4 rings (SSSR count). The second-order valence-corrected chi connectivity index (χ2v) is 6.34. The topological polar surface area (TPSA) is 171 Å². The first-order valence-corrected chi connectivity index (χ1v) is 8.81. The summed E-state index contributed by atoms with van der Waals surface area (Å²) in [4.78, 5) is 29.7. The molecule has 2 heterocycles. The van der Waals surface area contributed by atoms with Crippen molar-refractivity contribution in [3.8, 4) is 22.7 Å². The van der Waals surface area contributed by atoms with Gasteiger partial charge >= 0.3 is 6.09 Å². The number of methoxy groups -OCH3 is 1. The second kappa shape index (κ2) is 7.59. The Morgan fingerprint density at radius 2 is 1.97 bits per heavy atom. The number of nitrogen functional groups attached to an aromatic ring is 1. The van der Waals surface area contributed by atoms with Crippen molar-refractivity contribution in [1.29, 1.82) is 0 Å². The first kappa shape index (κ1) is 19.6. The molecule has 0 radical (unpaired) electrons. The van der Waals surface area contributed by atoms with Gasteiger partial charge in [0, 0.05) is 17.7 Å². The van der Waals surface area contributed by atoms with Gasteiger partial charge in [0.25, 0.3) is 5.69 Å². The molecule has 0 aliphatic heterocycles. The average molecular weight is 421 g/mol. The van der Waals surface area contributed by atoms with Gasteiger partial charge in [-0.15, -0.1) is 0 Å². The van der Waals surface area contributed by atoms with Gasteiger partial charge in [0.05, 0.1) is 28.8 Å². The Morgan fingerprint density at radius 3 is 2.61 bits per heavy atom. The SMILES string of the molecule is COc1cc(-c2nn(-c3ccc([N+](=O)[O-])cc3)c3ncnc(N)c23)ccc1NC(=O)O. The fourth-order valence-electron chi connectivity index (χ4n) is 3.13. The fourth-order valence-corrected chi connectivity index (χ4v) is 3.13. The van der Waals surface area contributed by atoms with Crippen molar-refractivity contribution in [1.82, 2.24) is 19.7 Å². The Kier molecular flexibility index (Phi) is 4.79. The lowest BCUT2D eigenvalue weighted by Crippen LogP contribution is -2.08. The molecular weight excluding hydrogens is 406 g/mol. The zero-order valence-corrected chi connectivity index (χ0v) is 16.0. The zero-order valence-electron chi connectivity index (χ0n) is 16.0. The number of non-ortho nitro benzene ring substituents is 1. The van der Waals surface area contributed by atoms with Crippen LogP contribution in [0.5, 0.6) is 5.75 Å². The van der Waals surface area contributed by atoms with E-state index in [0.717, 1.165) is 0 Å². The summed E-state index contributed by atoms with van der Waals surface area (Å²) in [5, 5.41) is 27.3. The molecule has 0 aliphatic rings. The lowest BCUT2D eigenvalue weighted by atomic mass is 10.1. The van der Waals surface area contributed by atoms with E-state index in [1.165, 1.54) is 30.3 Å². The molecule has 0 spiro atoms. The van der Waals surface area contributed by atoms with Crippen molar-refractivity contribution in [3.05, 3.63) is 58.9 Å². The van der Waals surface area contributed by atoms with Gasteiger partial charge in [-0.25, -0.2) is 19.4 Å². The first-order chi connectivity index (χ1) is 14.9. The third-order valence-corrected chi connectivity index (χ3v) is 4.52. The highest BCUT2D eigenvalue weighted by atomic mass is 16.6. The summed E-state index contributed by atoms with van der Waals surface area (Å²) < 4.78 is 6.79. The van der Waals surface area contributed by atoms with Gasteiger partial charge in [0.15, 0.2) is 5.65 Å². The van der Waals surface area contributed by atoms with Crippen LogP contribution in [0.15, 0.2) is 48.8 Å². The second-order valence-electron chi connectivity index (χ2n) is 6.34. The summed E-state index contributed by atoms with van der Waals surface area (Å²) in [7, 11) is 1.41. The molecule has 0 saturated heterocycles. The average Bonchev–Trinajstić information content (AvgIpc) is 3.15. The van der Waals surface area contributed by atoms with Gasteiger partial charge in [0.2, 0.25) is 0 Å². The van der Waals surface area contributed by atoms with Crippen molar-refractivity contribution in [2.24, 2.45) is 0 Å². The van der Waals surface area contributed by atoms with E-state index in [1.54, 1.807) is 30.3 Å². The third-order valence-electron chi connectivity index (χ3n) is 4.52. The summed E-state index contributed by atoms with van der Waals surface area (Å²) in [5.74, 6) is 0.480. The number of ether oxygens (including phenoxy) is 1. The fraction of sp³-hybridized carbons (Fsp3) is 0.0526. The predicted molar refractivity (Wildman–Crippen MR) is 111 cm³/mol. The van der Waals surface area contributed by atoms with Gasteiger partial charge in [-0.3, -0.25) is 15.4 Å². The minimum absolute atomic E-state index is 0.0548. The van der Waals surface area contributed by atoms with Crippen molar-refractivity contribution in [3.63, 3.8) is 0 Å². The van der Waals surface area contributed by atoms with Crippen LogP contribution in [-0.4, -0.2) is 43.0 Å². The molecule has 0 bridgehead atoms. The minimum Gasteiger partial charge on any atom is -0.495 e. The van der Waals surface area contributed by atoms with Gasteiger partial charge in [-0.2, -0.15) is 5.10 Å². The van der Waals surface area contributed by atoms with E-state index in [4.69, 9.17) is 15.6 Å². The summed E-state index contributed by atoms with van der Waals surface area (Å²) in [6, 6.07) is 10.6. The smallest absolute Gasteiger partial charge is 0.409 e. The zero-order chi connectivity index (χ0) is 22.1. The van der Waals surface area contributed by atoms with Crippen LogP contribution < -0.4 is 15.8 Å². The molecule has 4 aromatic rings. The summed E-state index contributed by atoms with van der Waals surface area (Å²) in [6.45, 7) is 0. The highest BCUT2D eigenvalue weighted by Crippen LogP contribution is 2.36. The molecule has 31 heavy (non-hydrogen) atoms. The molecule has 0 saturated carbocycles. The van der Waals surface area contributed by atoms with Gasteiger partial charge < -0.3 is 15.6 Å². The number of anilines is 2. The lowest BCUT2D eigenvalue weighted by Gasteiger charge is -2.09.